The first-order chi connectivity index (χ1) is 7.61. The molecule has 2 rings (SSSR count). The lowest BCUT2D eigenvalue weighted by molar-refractivity contribution is -0.118. The van der Waals surface area contributed by atoms with Crippen LogP contribution in [0.25, 0.3) is 0 Å². The Balaban J connectivity index is 2.32. The number of hydrogen-bond donors (Lipinski definition) is 2. The first-order valence-electron chi connectivity index (χ1n) is 4.67. The summed E-state index contributed by atoms with van der Waals surface area (Å²) in [6.45, 7) is 0.218. The highest BCUT2D eigenvalue weighted by atomic mass is 35.5. The fourth-order valence-corrected chi connectivity index (χ4v) is 1.69. The molecule has 86 valence electrons. The second kappa shape index (κ2) is 4.27. The van der Waals surface area contributed by atoms with E-state index in [1.807, 2.05) is 0 Å². The lowest BCUT2D eigenvalue weighted by Gasteiger charge is -2.26. The van der Waals surface area contributed by atoms with Crippen LogP contribution in [0.15, 0.2) is 12.1 Å². The number of benzene rings is 1. The summed E-state index contributed by atoms with van der Waals surface area (Å²) >= 11 is 5.61. The third kappa shape index (κ3) is 1.96. The van der Waals surface area contributed by atoms with Gasteiger partial charge in [0, 0.05) is 13.2 Å². The van der Waals surface area contributed by atoms with E-state index in [9.17, 15) is 9.18 Å². The van der Waals surface area contributed by atoms with Crippen LogP contribution in [-0.4, -0.2) is 25.7 Å². The van der Waals surface area contributed by atoms with E-state index >= 15 is 0 Å². The zero-order valence-electron chi connectivity index (χ0n) is 8.51. The zero-order chi connectivity index (χ0) is 11.7. The molecule has 16 heavy (non-hydrogen) atoms. The average molecular weight is 245 g/mol. The molecule has 1 atom stereocenters. The second-order valence-corrected chi connectivity index (χ2v) is 3.86. The monoisotopic (exact) mass is 244 g/mol. The van der Waals surface area contributed by atoms with E-state index in [2.05, 4.69) is 10.6 Å². The summed E-state index contributed by atoms with van der Waals surface area (Å²) in [6.07, 6.45) is 0. The van der Waals surface area contributed by atoms with Crippen molar-refractivity contribution in [3.63, 3.8) is 0 Å². The Morgan fingerprint density at radius 1 is 1.50 bits per heavy atom. The van der Waals surface area contributed by atoms with Crippen molar-refractivity contribution in [2.45, 2.75) is 6.04 Å². The molecule has 0 fully saturated rings. The van der Waals surface area contributed by atoms with Crippen LogP contribution in [0.5, 0.6) is 0 Å². The molecule has 0 spiro atoms. The number of fused-ring (bicyclic) bond motifs is 1. The highest BCUT2D eigenvalue weighted by Gasteiger charge is 2.26. The van der Waals surface area contributed by atoms with E-state index < -0.39 is 11.9 Å². The highest BCUT2D eigenvalue weighted by Crippen LogP contribution is 2.31. The summed E-state index contributed by atoms with van der Waals surface area (Å²) in [5, 5.41) is 5.49. The van der Waals surface area contributed by atoms with Gasteiger partial charge < -0.3 is 15.4 Å². The Bertz CT molecular complexity index is 439. The van der Waals surface area contributed by atoms with Crippen LogP contribution in [0, 0.1) is 5.82 Å². The van der Waals surface area contributed by atoms with Gasteiger partial charge in [0.05, 0.1) is 23.0 Å². The van der Waals surface area contributed by atoms with Crippen LogP contribution in [0.1, 0.15) is 0 Å². The van der Waals surface area contributed by atoms with Gasteiger partial charge >= 0.3 is 0 Å². The van der Waals surface area contributed by atoms with Crippen LogP contribution in [-0.2, 0) is 9.53 Å². The number of nitrogens with one attached hydrogen (secondary N) is 2. The first-order valence-corrected chi connectivity index (χ1v) is 5.05. The van der Waals surface area contributed by atoms with Gasteiger partial charge in [0.15, 0.2) is 0 Å². The first kappa shape index (κ1) is 11.2. The normalized spacial score (nSPS) is 18.7. The van der Waals surface area contributed by atoms with Crippen LogP contribution in [0.2, 0.25) is 5.02 Å². The van der Waals surface area contributed by atoms with Gasteiger partial charge in [-0.2, -0.15) is 0 Å². The topological polar surface area (TPSA) is 50.4 Å². The van der Waals surface area contributed by atoms with E-state index in [-0.39, 0.29) is 17.5 Å². The van der Waals surface area contributed by atoms with Gasteiger partial charge in [-0.1, -0.05) is 11.6 Å². The molecule has 1 aromatic rings. The molecular weight excluding hydrogens is 235 g/mol. The number of anilines is 2. The van der Waals surface area contributed by atoms with Crippen molar-refractivity contribution in [3.8, 4) is 0 Å². The third-order valence-corrected chi connectivity index (χ3v) is 2.59. The molecule has 6 heteroatoms. The standard InChI is InChI=1S/C10H10ClFN2O2/c1-16-4-9-10(15)14-7-2-5(11)6(12)3-8(7)13-9/h2-3,9,13H,4H2,1H3,(H,14,15). The number of amides is 1. The van der Waals surface area contributed by atoms with Crippen LogP contribution >= 0.6 is 11.6 Å². The van der Waals surface area contributed by atoms with Gasteiger partial charge in [-0.15, -0.1) is 0 Å². The van der Waals surface area contributed by atoms with Crippen molar-refractivity contribution >= 4 is 28.9 Å². The lowest BCUT2D eigenvalue weighted by Crippen LogP contribution is -2.41. The molecule has 0 bridgehead atoms. The Morgan fingerprint density at radius 3 is 2.94 bits per heavy atom. The maximum Gasteiger partial charge on any atom is 0.249 e. The van der Waals surface area contributed by atoms with Crippen molar-refractivity contribution < 1.29 is 13.9 Å². The minimum absolute atomic E-state index is 0.0222. The van der Waals surface area contributed by atoms with Gasteiger partial charge in [0.25, 0.3) is 0 Å². The molecule has 0 saturated carbocycles. The lowest BCUT2D eigenvalue weighted by atomic mass is 10.1. The Morgan fingerprint density at radius 2 is 2.25 bits per heavy atom. The number of hydrogen-bond acceptors (Lipinski definition) is 3. The molecule has 0 radical (unpaired) electrons. The predicted octanol–water partition coefficient (Wildman–Crippen LogP) is 1.86. The molecule has 1 aromatic carbocycles. The van der Waals surface area contributed by atoms with E-state index in [1.54, 1.807) is 0 Å². The summed E-state index contributed by atoms with van der Waals surface area (Å²) in [5.74, 6) is -0.753. The summed E-state index contributed by atoms with van der Waals surface area (Å²) in [6, 6.07) is 2.11. The number of methoxy groups -OCH3 is 1. The van der Waals surface area contributed by atoms with Crippen LogP contribution < -0.4 is 10.6 Å². The quantitative estimate of drug-likeness (QED) is 0.835. The van der Waals surface area contributed by atoms with Crippen molar-refractivity contribution in [3.05, 3.63) is 23.0 Å². The van der Waals surface area contributed by atoms with Gasteiger partial charge in [0.2, 0.25) is 5.91 Å². The highest BCUT2D eigenvalue weighted by molar-refractivity contribution is 6.31. The molecule has 0 aliphatic carbocycles. The molecular formula is C10H10ClFN2O2. The maximum absolute atomic E-state index is 13.2. The minimum atomic E-state index is -0.528. The van der Waals surface area contributed by atoms with Crippen molar-refractivity contribution in [2.75, 3.05) is 24.4 Å². The summed E-state index contributed by atoms with van der Waals surface area (Å²) in [7, 11) is 1.49. The van der Waals surface area contributed by atoms with E-state index in [0.717, 1.165) is 0 Å². The van der Waals surface area contributed by atoms with Crippen LogP contribution in [0.4, 0.5) is 15.8 Å². The minimum Gasteiger partial charge on any atom is -0.382 e. The van der Waals surface area contributed by atoms with E-state index in [0.29, 0.717) is 11.4 Å². The molecule has 4 nitrogen and oxygen atoms in total. The Kier molecular flexibility index (Phi) is 2.98. The SMILES string of the molecule is COCC1Nc2cc(F)c(Cl)cc2NC1=O. The number of halogens is 2. The molecule has 1 heterocycles. The summed E-state index contributed by atoms with van der Waals surface area (Å²) in [5.41, 5.74) is 0.979. The number of carbonyl (C=O) groups is 1. The molecule has 1 unspecified atom stereocenters. The Hall–Kier alpha value is -1.33. The molecule has 1 amide bonds. The molecule has 2 N–H and O–H groups in total. The van der Waals surface area contributed by atoms with Crippen molar-refractivity contribution in [1.29, 1.82) is 0 Å². The maximum atomic E-state index is 13.2. The van der Waals surface area contributed by atoms with Gasteiger partial charge in [-0.3, -0.25) is 4.79 Å². The van der Waals surface area contributed by atoms with Crippen molar-refractivity contribution in [2.24, 2.45) is 0 Å². The van der Waals surface area contributed by atoms with Crippen molar-refractivity contribution in [1.82, 2.24) is 0 Å². The fourth-order valence-electron chi connectivity index (χ4n) is 1.53. The largest absolute Gasteiger partial charge is 0.382 e. The molecule has 0 aromatic heterocycles. The second-order valence-electron chi connectivity index (χ2n) is 3.45. The predicted molar refractivity (Wildman–Crippen MR) is 59.3 cm³/mol. The van der Waals surface area contributed by atoms with Gasteiger partial charge in [0.1, 0.15) is 11.9 Å². The number of carbonyl (C=O) groups excluding carboxylic acids is 1. The zero-order valence-corrected chi connectivity index (χ0v) is 9.27. The van der Waals surface area contributed by atoms with Gasteiger partial charge in [-0.25, -0.2) is 4.39 Å². The van der Waals surface area contributed by atoms with Gasteiger partial charge in [-0.05, 0) is 6.07 Å². The van der Waals surface area contributed by atoms with E-state index in [4.69, 9.17) is 16.3 Å². The molecule has 1 aliphatic heterocycles. The summed E-state index contributed by atoms with van der Waals surface area (Å²) < 4.78 is 18.1. The number of ether oxygens (including phenoxy) is 1. The number of rotatable bonds is 2. The smallest absolute Gasteiger partial charge is 0.249 e. The summed E-state index contributed by atoms with van der Waals surface area (Å²) in [4.78, 5) is 11.6. The van der Waals surface area contributed by atoms with Crippen LogP contribution in [0.3, 0.4) is 0 Å². The average Bonchev–Trinajstić information content (AvgIpc) is 2.23. The Labute approximate surface area is 96.7 Å². The third-order valence-electron chi connectivity index (χ3n) is 2.30. The van der Waals surface area contributed by atoms with E-state index in [1.165, 1.54) is 19.2 Å². The fraction of sp³-hybridized carbons (Fsp3) is 0.300. The molecule has 1 aliphatic rings. The molecule has 0 saturated heterocycles.